The third kappa shape index (κ3) is 2.59. The highest BCUT2D eigenvalue weighted by atomic mass is 15.0. The fourth-order valence-corrected chi connectivity index (χ4v) is 1.94. The lowest BCUT2D eigenvalue weighted by molar-refractivity contribution is 0.560. The Kier molecular flexibility index (Phi) is 3.03. The third-order valence-corrected chi connectivity index (χ3v) is 2.75. The Morgan fingerprint density at radius 3 is 3.23 bits per heavy atom. The van der Waals surface area contributed by atoms with E-state index in [1.54, 1.807) is 0 Å². The van der Waals surface area contributed by atoms with Crippen LogP contribution in [-0.2, 0) is 0 Å². The highest BCUT2D eigenvalue weighted by Gasteiger charge is 2.13. The minimum Gasteiger partial charge on any atom is -0.387 e. The Morgan fingerprint density at radius 1 is 1.54 bits per heavy atom. The number of hydrogen-bond acceptors (Lipinski definition) is 2. The molecule has 1 atom stereocenters. The molecule has 1 unspecified atom stereocenters. The van der Waals surface area contributed by atoms with Gasteiger partial charge in [-0.05, 0) is 38.3 Å². The fraction of sp³-hybridized carbons (Fsp3) is 0.636. The molecule has 0 radical (unpaired) electrons. The van der Waals surface area contributed by atoms with Crippen LogP contribution in [-0.4, -0.2) is 19.1 Å². The zero-order valence-electron chi connectivity index (χ0n) is 8.05. The van der Waals surface area contributed by atoms with Crippen LogP contribution in [0.2, 0.25) is 0 Å². The van der Waals surface area contributed by atoms with Gasteiger partial charge in [0.25, 0.3) is 0 Å². The Hall–Kier alpha value is -0.760. The molecule has 2 aliphatic rings. The van der Waals surface area contributed by atoms with E-state index in [4.69, 9.17) is 0 Å². The van der Waals surface area contributed by atoms with Crippen LogP contribution in [0.15, 0.2) is 23.9 Å². The summed E-state index contributed by atoms with van der Waals surface area (Å²) in [6.07, 6.45) is 11.6. The zero-order chi connectivity index (χ0) is 8.93. The van der Waals surface area contributed by atoms with Crippen molar-refractivity contribution in [3.63, 3.8) is 0 Å². The standard InChI is InChI=1S/C11H18N2/c1-2-5-10(6-3-1)13-9-11-7-4-8-12-11/h1-2,5,11-13H,3-4,6-9H2. The Labute approximate surface area is 80.1 Å². The van der Waals surface area contributed by atoms with Crippen LogP contribution in [0.25, 0.3) is 0 Å². The van der Waals surface area contributed by atoms with Gasteiger partial charge < -0.3 is 10.6 Å². The molecule has 13 heavy (non-hydrogen) atoms. The summed E-state index contributed by atoms with van der Waals surface area (Å²) in [4.78, 5) is 0. The average Bonchev–Trinajstić information content (AvgIpc) is 2.69. The van der Waals surface area contributed by atoms with Crippen molar-refractivity contribution in [3.05, 3.63) is 23.9 Å². The summed E-state index contributed by atoms with van der Waals surface area (Å²) >= 11 is 0. The van der Waals surface area contributed by atoms with Gasteiger partial charge in [-0.3, -0.25) is 0 Å². The third-order valence-electron chi connectivity index (χ3n) is 2.75. The van der Waals surface area contributed by atoms with Crippen molar-refractivity contribution >= 4 is 0 Å². The van der Waals surface area contributed by atoms with E-state index in [0.29, 0.717) is 6.04 Å². The molecule has 2 heteroatoms. The second kappa shape index (κ2) is 4.47. The second-order valence-electron chi connectivity index (χ2n) is 3.83. The van der Waals surface area contributed by atoms with E-state index in [9.17, 15) is 0 Å². The predicted octanol–water partition coefficient (Wildman–Crippen LogP) is 1.56. The first-order valence-corrected chi connectivity index (χ1v) is 5.28. The SMILES string of the molecule is C1=CCCC(NCC2CCCN2)=C1. The zero-order valence-corrected chi connectivity index (χ0v) is 8.05. The first-order valence-electron chi connectivity index (χ1n) is 5.28. The molecule has 0 aromatic rings. The Bertz CT molecular complexity index is 212. The van der Waals surface area contributed by atoms with Gasteiger partial charge in [0.15, 0.2) is 0 Å². The van der Waals surface area contributed by atoms with Gasteiger partial charge in [0.1, 0.15) is 0 Å². The monoisotopic (exact) mass is 178 g/mol. The first-order chi connectivity index (χ1) is 6.45. The van der Waals surface area contributed by atoms with Gasteiger partial charge in [-0.15, -0.1) is 0 Å². The normalized spacial score (nSPS) is 27.4. The number of hydrogen-bond donors (Lipinski definition) is 2. The molecule has 0 amide bonds. The van der Waals surface area contributed by atoms with Crippen molar-refractivity contribution in [2.24, 2.45) is 0 Å². The van der Waals surface area contributed by atoms with Crippen LogP contribution in [0.1, 0.15) is 25.7 Å². The molecule has 72 valence electrons. The molecule has 2 N–H and O–H groups in total. The quantitative estimate of drug-likeness (QED) is 0.685. The lowest BCUT2D eigenvalue weighted by Crippen LogP contribution is -2.33. The summed E-state index contributed by atoms with van der Waals surface area (Å²) in [6, 6.07) is 0.701. The summed E-state index contributed by atoms with van der Waals surface area (Å²) in [5.74, 6) is 0. The molecule has 1 fully saturated rings. The fourth-order valence-electron chi connectivity index (χ4n) is 1.94. The average molecular weight is 178 g/mol. The van der Waals surface area contributed by atoms with Crippen LogP contribution in [0.4, 0.5) is 0 Å². The van der Waals surface area contributed by atoms with Gasteiger partial charge in [-0.2, -0.15) is 0 Å². The highest BCUT2D eigenvalue weighted by Crippen LogP contribution is 2.10. The highest BCUT2D eigenvalue weighted by molar-refractivity contribution is 5.16. The van der Waals surface area contributed by atoms with Crippen molar-refractivity contribution in [2.75, 3.05) is 13.1 Å². The van der Waals surface area contributed by atoms with E-state index in [0.717, 1.165) is 6.54 Å². The Morgan fingerprint density at radius 2 is 2.54 bits per heavy atom. The Balaban J connectivity index is 1.71. The van der Waals surface area contributed by atoms with Crippen molar-refractivity contribution < 1.29 is 0 Å². The van der Waals surface area contributed by atoms with Crippen molar-refractivity contribution in [1.29, 1.82) is 0 Å². The molecule has 0 spiro atoms. The number of nitrogens with one attached hydrogen (secondary N) is 2. The minimum absolute atomic E-state index is 0.701. The van der Waals surface area contributed by atoms with Gasteiger partial charge in [-0.25, -0.2) is 0 Å². The molecule has 0 aromatic heterocycles. The summed E-state index contributed by atoms with van der Waals surface area (Å²) in [5, 5.41) is 7.00. The maximum Gasteiger partial charge on any atom is 0.0298 e. The van der Waals surface area contributed by atoms with Crippen LogP contribution >= 0.6 is 0 Å². The van der Waals surface area contributed by atoms with Crippen LogP contribution in [0, 0.1) is 0 Å². The van der Waals surface area contributed by atoms with Gasteiger partial charge in [0.2, 0.25) is 0 Å². The molecule has 2 nitrogen and oxygen atoms in total. The lowest BCUT2D eigenvalue weighted by atomic mass is 10.1. The number of rotatable bonds is 3. The summed E-state index contributed by atoms with van der Waals surface area (Å²) in [7, 11) is 0. The van der Waals surface area contributed by atoms with Crippen molar-refractivity contribution in [1.82, 2.24) is 10.6 Å². The van der Waals surface area contributed by atoms with E-state index in [-0.39, 0.29) is 0 Å². The summed E-state index contributed by atoms with van der Waals surface area (Å²) in [5.41, 5.74) is 1.40. The maximum absolute atomic E-state index is 3.51. The van der Waals surface area contributed by atoms with Gasteiger partial charge in [0, 0.05) is 18.3 Å². The molecule has 1 saturated heterocycles. The molecule has 0 aromatic carbocycles. The van der Waals surface area contributed by atoms with Crippen molar-refractivity contribution in [2.45, 2.75) is 31.7 Å². The van der Waals surface area contributed by atoms with Gasteiger partial charge >= 0.3 is 0 Å². The minimum atomic E-state index is 0.701. The molecule has 2 rings (SSSR count). The predicted molar refractivity (Wildman–Crippen MR) is 55.5 cm³/mol. The van der Waals surface area contributed by atoms with E-state index in [1.165, 1.54) is 37.9 Å². The molecule has 1 heterocycles. The summed E-state index contributed by atoms with van der Waals surface area (Å²) < 4.78 is 0. The first kappa shape index (κ1) is 8.82. The lowest BCUT2D eigenvalue weighted by Gasteiger charge is -2.16. The van der Waals surface area contributed by atoms with E-state index in [1.807, 2.05) is 0 Å². The van der Waals surface area contributed by atoms with Crippen LogP contribution in [0.3, 0.4) is 0 Å². The molecule has 1 aliphatic heterocycles. The maximum atomic E-state index is 3.51. The smallest absolute Gasteiger partial charge is 0.0298 e. The molecule has 0 bridgehead atoms. The molecular weight excluding hydrogens is 160 g/mol. The second-order valence-corrected chi connectivity index (χ2v) is 3.83. The summed E-state index contributed by atoms with van der Waals surface area (Å²) in [6.45, 7) is 2.30. The molecular formula is C11H18N2. The van der Waals surface area contributed by atoms with Crippen molar-refractivity contribution in [3.8, 4) is 0 Å². The van der Waals surface area contributed by atoms with Crippen LogP contribution in [0.5, 0.6) is 0 Å². The van der Waals surface area contributed by atoms with Gasteiger partial charge in [0.05, 0.1) is 0 Å². The van der Waals surface area contributed by atoms with Crippen LogP contribution < -0.4 is 10.6 Å². The van der Waals surface area contributed by atoms with E-state index >= 15 is 0 Å². The van der Waals surface area contributed by atoms with E-state index in [2.05, 4.69) is 28.9 Å². The molecule has 0 saturated carbocycles. The topological polar surface area (TPSA) is 24.1 Å². The largest absolute Gasteiger partial charge is 0.387 e. The van der Waals surface area contributed by atoms with Gasteiger partial charge in [-0.1, -0.05) is 12.2 Å². The number of allylic oxidation sites excluding steroid dienone is 4. The van der Waals surface area contributed by atoms with E-state index < -0.39 is 0 Å². The molecule has 1 aliphatic carbocycles.